The Hall–Kier alpha value is -3.02. The Bertz CT molecular complexity index is 1290. The molecule has 4 rings (SSSR count). The van der Waals surface area contributed by atoms with Gasteiger partial charge in [0.2, 0.25) is 5.43 Å². The van der Waals surface area contributed by atoms with Crippen molar-refractivity contribution in [1.82, 2.24) is 19.7 Å². The van der Waals surface area contributed by atoms with E-state index in [9.17, 15) is 23.5 Å². The summed E-state index contributed by atoms with van der Waals surface area (Å²) in [5, 5.41) is 19.4. The second-order valence-electron chi connectivity index (χ2n) is 8.62. The topological polar surface area (TPSA) is 97.5 Å². The van der Waals surface area contributed by atoms with Crippen molar-refractivity contribution in [2.75, 3.05) is 26.8 Å². The normalized spacial score (nSPS) is 15.5. The molecule has 3 aromatic rings. The monoisotopic (exact) mass is 504 g/mol. The second kappa shape index (κ2) is 10.3. The number of hydrogen-bond acceptors (Lipinski definition) is 8. The maximum atomic E-state index is 14.1. The molecule has 1 fully saturated rings. The molecule has 1 N–H and O–H groups in total. The molecule has 1 saturated heterocycles. The summed E-state index contributed by atoms with van der Waals surface area (Å²) in [6.07, 6.45) is 3.52. The fourth-order valence-corrected chi connectivity index (χ4v) is 5.27. The molecule has 186 valence electrons. The van der Waals surface area contributed by atoms with Crippen LogP contribution in [0.2, 0.25) is 0 Å². The van der Waals surface area contributed by atoms with Crippen LogP contribution in [0.25, 0.3) is 10.6 Å². The highest BCUT2D eigenvalue weighted by Crippen LogP contribution is 2.32. The lowest BCUT2D eigenvalue weighted by Crippen LogP contribution is -2.53. The quantitative estimate of drug-likeness (QED) is 0.471. The number of aromatic hydroxyl groups is 1. The number of likely N-dealkylation sites (N-methyl/N-ethyl adjacent to an activating group) is 1. The Labute approximate surface area is 204 Å². The molecule has 0 saturated carbocycles. The van der Waals surface area contributed by atoms with Gasteiger partial charge in [-0.05, 0) is 38.1 Å². The van der Waals surface area contributed by atoms with Crippen molar-refractivity contribution < 1.29 is 23.4 Å². The third-order valence-electron chi connectivity index (χ3n) is 6.63. The number of nitrogens with zero attached hydrogens (tertiary/aromatic N) is 4. The Kier molecular flexibility index (Phi) is 7.39. The van der Waals surface area contributed by atoms with Crippen molar-refractivity contribution in [2.45, 2.75) is 38.3 Å². The van der Waals surface area contributed by atoms with Gasteiger partial charge in [-0.25, -0.2) is 8.78 Å². The number of carbonyl (C=O) groups is 1. The molecule has 35 heavy (non-hydrogen) atoms. The number of aromatic nitrogens is 3. The van der Waals surface area contributed by atoms with Crippen LogP contribution in [0.4, 0.5) is 8.78 Å². The van der Waals surface area contributed by atoms with Crippen molar-refractivity contribution in [3.05, 3.63) is 62.5 Å². The molecule has 1 aromatic carbocycles. The third kappa shape index (κ3) is 5.02. The summed E-state index contributed by atoms with van der Waals surface area (Å²) < 4.78 is 34.4. The summed E-state index contributed by atoms with van der Waals surface area (Å²) in [6.45, 7) is 4.31. The zero-order chi connectivity index (χ0) is 25.2. The van der Waals surface area contributed by atoms with E-state index < -0.39 is 22.8 Å². The molecule has 0 unspecified atom stereocenters. The molecule has 0 spiro atoms. The average molecular weight is 505 g/mol. The fraction of sp³-hybridized carbons (Fsp3) is 0.417. The van der Waals surface area contributed by atoms with Gasteiger partial charge in [0.1, 0.15) is 22.3 Å². The molecule has 8 nitrogen and oxygen atoms in total. The van der Waals surface area contributed by atoms with Crippen LogP contribution in [0.3, 0.4) is 0 Å². The highest BCUT2D eigenvalue weighted by atomic mass is 32.1. The first-order valence-electron chi connectivity index (χ1n) is 11.2. The van der Waals surface area contributed by atoms with Crippen LogP contribution < -0.4 is 5.43 Å². The first kappa shape index (κ1) is 25.1. The van der Waals surface area contributed by atoms with Gasteiger partial charge in [0, 0.05) is 44.0 Å². The SMILES string of the molecule is CCN(C)C1(Cn2cc(-c3nnc(Cc4ccc(F)cc4F)s3)c(=O)c(O)c2C=O)CCOCC1. The first-order valence-corrected chi connectivity index (χ1v) is 12.1. The van der Waals surface area contributed by atoms with Crippen molar-refractivity contribution in [2.24, 2.45) is 0 Å². The molecular weight excluding hydrogens is 478 g/mol. The first-order chi connectivity index (χ1) is 16.8. The third-order valence-corrected chi connectivity index (χ3v) is 7.59. The van der Waals surface area contributed by atoms with Crippen LogP contribution in [-0.2, 0) is 17.7 Å². The van der Waals surface area contributed by atoms with Crippen LogP contribution in [-0.4, -0.2) is 63.4 Å². The smallest absolute Gasteiger partial charge is 0.234 e. The van der Waals surface area contributed by atoms with Crippen LogP contribution in [0.15, 0.2) is 29.2 Å². The summed E-state index contributed by atoms with van der Waals surface area (Å²) in [7, 11) is 2.00. The van der Waals surface area contributed by atoms with Gasteiger partial charge in [0.25, 0.3) is 0 Å². The van der Waals surface area contributed by atoms with E-state index in [0.717, 1.165) is 42.9 Å². The summed E-state index contributed by atoms with van der Waals surface area (Å²) in [6, 6.07) is 3.29. The number of hydrogen-bond donors (Lipinski definition) is 1. The molecule has 1 aliphatic heterocycles. The lowest BCUT2D eigenvalue weighted by molar-refractivity contribution is -0.0251. The second-order valence-corrected chi connectivity index (χ2v) is 9.68. The maximum Gasteiger partial charge on any atom is 0.234 e. The van der Waals surface area contributed by atoms with Crippen LogP contribution in [0.5, 0.6) is 5.75 Å². The Morgan fingerprint density at radius 1 is 1.29 bits per heavy atom. The predicted octanol–water partition coefficient (Wildman–Crippen LogP) is 3.25. The highest BCUT2D eigenvalue weighted by Gasteiger charge is 2.37. The number of benzene rings is 1. The van der Waals surface area contributed by atoms with Crippen molar-refractivity contribution >= 4 is 17.6 Å². The molecule has 0 atom stereocenters. The molecule has 0 amide bonds. The summed E-state index contributed by atoms with van der Waals surface area (Å²) in [4.78, 5) is 27.0. The highest BCUT2D eigenvalue weighted by molar-refractivity contribution is 7.14. The number of rotatable bonds is 8. The minimum Gasteiger partial charge on any atom is -0.503 e. The number of halogens is 2. The van der Waals surface area contributed by atoms with Gasteiger partial charge in [0.05, 0.1) is 5.56 Å². The van der Waals surface area contributed by atoms with Gasteiger partial charge >= 0.3 is 0 Å². The van der Waals surface area contributed by atoms with Crippen molar-refractivity contribution in [3.63, 3.8) is 0 Å². The van der Waals surface area contributed by atoms with Crippen molar-refractivity contribution in [1.29, 1.82) is 0 Å². The van der Waals surface area contributed by atoms with Gasteiger partial charge < -0.3 is 14.4 Å². The molecule has 0 aliphatic carbocycles. The minimum atomic E-state index is -0.733. The summed E-state index contributed by atoms with van der Waals surface area (Å²) >= 11 is 1.07. The molecule has 1 aliphatic rings. The predicted molar refractivity (Wildman–Crippen MR) is 127 cm³/mol. The number of carbonyl (C=O) groups excluding carboxylic acids is 1. The van der Waals surface area contributed by atoms with Gasteiger partial charge in [-0.2, -0.15) is 0 Å². The standard InChI is InChI=1S/C24H26F2N4O4S/c1-3-29(2)24(6-8-34-9-7-24)14-30-12-17(21(32)22(33)19(30)13-31)23-28-27-20(35-23)10-15-4-5-16(25)11-18(15)26/h4-5,11-13,33H,3,6-10,14H2,1-2H3. The van der Waals surface area contributed by atoms with Gasteiger partial charge in [-0.15, -0.1) is 10.2 Å². The Balaban J connectivity index is 1.71. The van der Waals surface area contributed by atoms with E-state index in [1.165, 1.54) is 12.3 Å². The lowest BCUT2D eigenvalue weighted by Gasteiger charge is -2.45. The fourth-order valence-electron chi connectivity index (χ4n) is 4.40. The molecule has 2 aromatic heterocycles. The average Bonchev–Trinajstić information content (AvgIpc) is 3.31. The minimum absolute atomic E-state index is 0.0702. The van der Waals surface area contributed by atoms with Gasteiger partial charge in [0.15, 0.2) is 17.0 Å². The van der Waals surface area contributed by atoms with E-state index in [4.69, 9.17) is 4.74 Å². The van der Waals surface area contributed by atoms with Crippen LogP contribution in [0.1, 0.15) is 40.8 Å². The van der Waals surface area contributed by atoms with E-state index in [0.29, 0.717) is 31.1 Å². The summed E-state index contributed by atoms with van der Waals surface area (Å²) in [5.41, 5.74) is -0.820. The molecule has 11 heteroatoms. The summed E-state index contributed by atoms with van der Waals surface area (Å²) in [5.74, 6) is -2.02. The molecule has 0 radical (unpaired) electrons. The van der Waals surface area contributed by atoms with Gasteiger partial charge in [-0.3, -0.25) is 14.5 Å². The maximum absolute atomic E-state index is 14.1. The Morgan fingerprint density at radius 2 is 2.03 bits per heavy atom. The van der Waals surface area contributed by atoms with E-state index in [1.807, 2.05) is 14.0 Å². The molecule has 0 bridgehead atoms. The number of pyridine rings is 1. The zero-order valence-corrected chi connectivity index (χ0v) is 20.3. The zero-order valence-electron chi connectivity index (χ0n) is 19.5. The van der Waals surface area contributed by atoms with E-state index in [1.54, 1.807) is 4.57 Å². The van der Waals surface area contributed by atoms with E-state index >= 15 is 0 Å². The number of ether oxygens (including phenoxy) is 1. The van der Waals surface area contributed by atoms with Crippen molar-refractivity contribution in [3.8, 4) is 16.3 Å². The van der Waals surface area contributed by atoms with Crippen LogP contribution in [0, 0.1) is 11.6 Å². The van der Waals surface area contributed by atoms with E-state index in [2.05, 4.69) is 15.1 Å². The Morgan fingerprint density at radius 3 is 2.69 bits per heavy atom. The van der Waals surface area contributed by atoms with E-state index in [-0.39, 0.29) is 33.8 Å². The molecular formula is C24H26F2N4O4S. The lowest BCUT2D eigenvalue weighted by atomic mass is 9.87. The number of aldehydes is 1. The molecule has 3 heterocycles. The van der Waals surface area contributed by atoms with Gasteiger partial charge in [-0.1, -0.05) is 24.3 Å². The van der Waals surface area contributed by atoms with Crippen LogP contribution >= 0.6 is 11.3 Å². The largest absolute Gasteiger partial charge is 0.503 e.